The summed E-state index contributed by atoms with van der Waals surface area (Å²) in [7, 11) is 0. The molecule has 0 bridgehead atoms. The molecule has 0 aromatic heterocycles. The fourth-order valence-electron chi connectivity index (χ4n) is 3.33. The van der Waals surface area contributed by atoms with Crippen molar-refractivity contribution in [3.8, 4) is 0 Å². The minimum Gasteiger partial charge on any atom is -0.352 e. The van der Waals surface area contributed by atoms with E-state index in [0.29, 0.717) is 12.1 Å². The Labute approximate surface area is 139 Å². The van der Waals surface area contributed by atoms with Gasteiger partial charge in [0.2, 0.25) is 0 Å². The second-order valence-corrected chi connectivity index (χ2v) is 6.39. The van der Waals surface area contributed by atoms with Crippen LogP contribution in [0.2, 0.25) is 0 Å². The summed E-state index contributed by atoms with van der Waals surface area (Å²) in [4.78, 5) is 2.48. The molecular weight excluding hydrogens is 257 g/mol. The Morgan fingerprint density at radius 3 is 1.47 bits per heavy atom. The average Bonchev–Trinajstić information content (AvgIpc) is 2.31. The first kappa shape index (κ1) is 16.3. The maximum atomic E-state index is 5.37. The van der Waals surface area contributed by atoms with Gasteiger partial charge in [-0.05, 0) is 25.7 Å². The van der Waals surface area contributed by atoms with E-state index in [2.05, 4.69) is 17.5 Å². The molecule has 2 saturated carbocycles. The Bertz CT molecular complexity index is 218. The van der Waals surface area contributed by atoms with Crippen molar-refractivity contribution in [2.24, 2.45) is 0 Å². The number of hydrogen-bond donors (Lipinski definition) is 1. The molecule has 0 spiro atoms. The fraction of sp³-hybridized carbons (Fsp3) is 0.923. The third-order valence-electron chi connectivity index (χ3n) is 4.16. The molecule has 0 aromatic rings. The zero-order chi connectivity index (χ0) is 11.4. The van der Waals surface area contributed by atoms with Crippen LogP contribution in [0.3, 0.4) is 0 Å². The molecule has 2 aliphatic carbocycles. The van der Waals surface area contributed by atoms with Crippen molar-refractivity contribution in [1.29, 1.82) is 0 Å². The van der Waals surface area contributed by atoms with E-state index in [9.17, 15) is 0 Å². The van der Waals surface area contributed by atoms with E-state index in [-0.39, 0.29) is 29.6 Å². The molecule has 2 rings (SSSR count). The first-order chi connectivity index (χ1) is 7.79. The van der Waals surface area contributed by atoms with Gasteiger partial charge in [-0.1, -0.05) is 50.7 Å². The van der Waals surface area contributed by atoms with Crippen LogP contribution in [0.25, 0.3) is 0 Å². The zero-order valence-corrected chi connectivity index (χ0v) is 14.7. The van der Waals surface area contributed by atoms with Crippen LogP contribution in [0, 0.1) is 0 Å². The Morgan fingerprint density at radius 2 is 1.18 bits per heavy atom. The number of rotatable bonds is 2. The Hall–Kier alpha value is 1.24. The molecule has 0 amide bonds. The normalized spacial score (nSPS) is 22.9. The van der Waals surface area contributed by atoms with E-state index < -0.39 is 0 Å². The van der Waals surface area contributed by atoms with E-state index in [1.807, 2.05) is 0 Å². The summed E-state index contributed by atoms with van der Waals surface area (Å²) >= 11 is 9.84. The predicted octanol–water partition coefficient (Wildman–Crippen LogP) is 3.79. The van der Waals surface area contributed by atoms with Crippen molar-refractivity contribution < 1.29 is 0 Å². The van der Waals surface area contributed by atoms with Crippen LogP contribution in [0.5, 0.6) is 0 Å². The van der Waals surface area contributed by atoms with Crippen LogP contribution >= 0.6 is 24.8 Å². The average molecular weight is 280 g/mol. The van der Waals surface area contributed by atoms with Gasteiger partial charge < -0.3 is 4.90 Å². The van der Waals surface area contributed by atoms with E-state index >= 15 is 0 Å². The molecule has 1 nitrogen and oxygen atoms in total. The van der Waals surface area contributed by atoms with Crippen LogP contribution in [0.15, 0.2) is 0 Å². The number of nitrogens with zero attached hydrogens (tertiary/aromatic N) is 1. The number of thiol groups is 1. The zero-order valence-electron chi connectivity index (χ0n) is 11.0. The summed E-state index contributed by atoms with van der Waals surface area (Å²) in [6.07, 6.45) is 13.7. The Morgan fingerprint density at radius 1 is 0.824 bits per heavy atom. The smallest absolute Gasteiger partial charge is 0.133 e. The third-order valence-corrected chi connectivity index (χ3v) is 4.60. The molecule has 4 heteroatoms. The van der Waals surface area contributed by atoms with Crippen molar-refractivity contribution in [3.63, 3.8) is 0 Å². The maximum absolute atomic E-state index is 5.37. The minimum atomic E-state index is 0. The molecule has 0 N–H and O–H groups in total. The van der Waals surface area contributed by atoms with Gasteiger partial charge in [0.1, 0.15) is 4.32 Å². The molecule has 17 heavy (non-hydrogen) atoms. The molecule has 0 atom stereocenters. The molecule has 0 aliphatic heterocycles. The quantitative estimate of drug-likeness (QED) is 0.466. The van der Waals surface area contributed by atoms with Gasteiger partial charge in [0, 0.05) is 41.6 Å². The standard InChI is InChI=1S/C13H23NS2.Na/c15-13(16)14(11-7-3-1-4-8-11)12-9-5-2-6-10-12;/h11-12H,1-10H2,(H,15,16);. The van der Waals surface area contributed by atoms with Gasteiger partial charge >= 0.3 is 0 Å². The van der Waals surface area contributed by atoms with Gasteiger partial charge in [0.05, 0.1) is 0 Å². The molecule has 2 fully saturated rings. The Kier molecular flexibility index (Phi) is 8.07. The van der Waals surface area contributed by atoms with E-state index in [4.69, 9.17) is 12.2 Å². The van der Waals surface area contributed by atoms with Crippen LogP contribution in [0.1, 0.15) is 64.2 Å². The number of thiocarbonyl (C=S) groups is 1. The van der Waals surface area contributed by atoms with Gasteiger partial charge in [0.15, 0.2) is 0 Å². The summed E-state index contributed by atoms with van der Waals surface area (Å²) in [6.45, 7) is 0. The number of hydrogen-bond acceptors (Lipinski definition) is 1. The van der Waals surface area contributed by atoms with Gasteiger partial charge in [-0.15, -0.1) is 12.6 Å². The van der Waals surface area contributed by atoms with Gasteiger partial charge in [-0.2, -0.15) is 0 Å². The molecule has 2 aliphatic rings. The summed E-state index contributed by atoms with van der Waals surface area (Å²) in [5.41, 5.74) is 0. The molecule has 1 radical (unpaired) electrons. The molecule has 93 valence electrons. The topological polar surface area (TPSA) is 3.24 Å². The second kappa shape index (κ2) is 8.42. The summed E-state index contributed by atoms with van der Waals surface area (Å²) in [5, 5.41) is 0. The summed E-state index contributed by atoms with van der Waals surface area (Å²) in [5.74, 6) is 0. The summed E-state index contributed by atoms with van der Waals surface area (Å²) in [6, 6.07) is 1.39. The van der Waals surface area contributed by atoms with Crippen LogP contribution < -0.4 is 0 Å². The first-order valence-electron chi connectivity index (χ1n) is 6.80. The van der Waals surface area contributed by atoms with Gasteiger partial charge in [0.25, 0.3) is 0 Å². The largest absolute Gasteiger partial charge is 0.352 e. The van der Waals surface area contributed by atoms with E-state index in [1.165, 1.54) is 64.2 Å². The van der Waals surface area contributed by atoms with Crippen molar-refractivity contribution in [1.82, 2.24) is 4.90 Å². The minimum absolute atomic E-state index is 0. The van der Waals surface area contributed by atoms with E-state index in [0.717, 1.165) is 4.32 Å². The molecule has 0 saturated heterocycles. The van der Waals surface area contributed by atoms with Gasteiger partial charge in [-0.25, -0.2) is 0 Å². The molecule has 0 heterocycles. The van der Waals surface area contributed by atoms with Crippen LogP contribution in [-0.4, -0.2) is 50.9 Å². The van der Waals surface area contributed by atoms with Crippen molar-refractivity contribution in [2.75, 3.05) is 0 Å². The predicted molar refractivity (Wildman–Crippen MR) is 82.9 cm³/mol. The summed E-state index contributed by atoms with van der Waals surface area (Å²) < 4.78 is 0.846. The van der Waals surface area contributed by atoms with Gasteiger partial charge in [-0.3, -0.25) is 0 Å². The molecular formula is C13H23NNaS2. The molecule has 0 aromatic carbocycles. The molecule has 0 unspecified atom stereocenters. The first-order valence-corrected chi connectivity index (χ1v) is 7.66. The SMILES string of the molecule is S=C(S)N(C1CCCCC1)C1CCCCC1.[Na]. The fourth-order valence-corrected chi connectivity index (χ4v) is 3.95. The van der Waals surface area contributed by atoms with Crippen molar-refractivity contribution >= 4 is 58.7 Å². The second-order valence-electron chi connectivity index (χ2n) is 5.27. The maximum Gasteiger partial charge on any atom is 0.133 e. The van der Waals surface area contributed by atoms with Crippen molar-refractivity contribution in [2.45, 2.75) is 76.3 Å². The monoisotopic (exact) mass is 280 g/mol. The van der Waals surface area contributed by atoms with Crippen LogP contribution in [0.4, 0.5) is 0 Å². The van der Waals surface area contributed by atoms with Crippen molar-refractivity contribution in [3.05, 3.63) is 0 Å². The third kappa shape index (κ3) is 4.68. The Balaban J connectivity index is 0.00000144. The van der Waals surface area contributed by atoms with Crippen LogP contribution in [-0.2, 0) is 0 Å². The van der Waals surface area contributed by atoms with E-state index in [1.54, 1.807) is 0 Å².